The number of nitrogens with zero attached hydrogens (tertiary/aromatic N) is 2. The first-order chi connectivity index (χ1) is 18.2. The number of carbonyl (C=O) groups is 2. The number of anilines is 1. The van der Waals surface area contributed by atoms with Gasteiger partial charge in [-0.05, 0) is 55.3 Å². The zero-order valence-corrected chi connectivity index (χ0v) is 21.9. The topological polar surface area (TPSA) is 84.0 Å². The lowest BCUT2D eigenvalue weighted by Gasteiger charge is -2.26. The van der Waals surface area contributed by atoms with Gasteiger partial charge in [0, 0.05) is 36.0 Å². The highest BCUT2D eigenvalue weighted by Gasteiger charge is 2.29. The monoisotopic (exact) mass is 562 g/mol. The van der Waals surface area contributed by atoms with Gasteiger partial charge < -0.3 is 4.74 Å². The molecule has 1 aliphatic rings. The van der Waals surface area contributed by atoms with Gasteiger partial charge in [0.1, 0.15) is 17.4 Å². The van der Waals surface area contributed by atoms with Crippen molar-refractivity contribution in [3.05, 3.63) is 89.0 Å². The Bertz CT molecular complexity index is 1420. The van der Waals surface area contributed by atoms with Crippen molar-refractivity contribution < 1.29 is 31.5 Å². The maximum atomic E-state index is 14.8. The van der Waals surface area contributed by atoms with Crippen LogP contribution < -0.4 is 9.04 Å². The number of benzene rings is 3. The molecule has 3 aromatic rings. The highest BCUT2D eigenvalue weighted by atomic mass is 35.5. The number of imide groups is 1. The average Bonchev–Trinajstić information content (AvgIpc) is 2.89. The van der Waals surface area contributed by atoms with Gasteiger partial charge in [-0.2, -0.15) is 0 Å². The minimum absolute atomic E-state index is 0.145. The third kappa shape index (κ3) is 6.31. The molecule has 0 aromatic heterocycles. The van der Waals surface area contributed by atoms with E-state index in [1.165, 1.54) is 29.2 Å². The lowest BCUT2D eigenvalue weighted by Crippen LogP contribution is -2.41. The third-order valence-electron chi connectivity index (χ3n) is 6.03. The summed E-state index contributed by atoms with van der Waals surface area (Å²) in [5.41, 5.74) is -0.0595. The molecule has 38 heavy (non-hydrogen) atoms. The van der Waals surface area contributed by atoms with Crippen molar-refractivity contribution in [2.24, 2.45) is 0 Å². The van der Waals surface area contributed by atoms with Gasteiger partial charge in [-0.25, -0.2) is 17.2 Å². The van der Waals surface area contributed by atoms with Gasteiger partial charge in [0.15, 0.2) is 0 Å². The number of hydrogen-bond acceptors (Lipinski definition) is 5. The number of amides is 2. The minimum atomic E-state index is -4.35. The first-order valence-electron chi connectivity index (χ1n) is 11.9. The zero-order chi connectivity index (χ0) is 27.3. The molecule has 7 nitrogen and oxygen atoms in total. The van der Waals surface area contributed by atoms with Gasteiger partial charge in [0.05, 0.1) is 23.7 Å². The number of para-hydroxylation sites is 1. The fourth-order valence-corrected chi connectivity index (χ4v) is 5.66. The van der Waals surface area contributed by atoms with E-state index in [0.717, 1.165) is 22.5 Å². The second-order valence-electron chi connectivity index (χ2n) is 8.66. The lowest BCUT2D eigenvalue weighted by atomic mass is 10.1. The van der Waals surface area contributed by atoms with E-state index in [1.807, 2.05) is 0 Å². The molecule has 4 rings (SSSR count). The summed E-state index contributed by atoms with van der Waals surface area (Å²) in [6.07, 6.45) is 1.60. The van der Waals surface area contributed by atoms with Gasteiger partial charge in [0.2, 0.25) is 11.8 Å². The quantitative estimate of drug-likeness (QED) is 0.247. The summed E-state index contributed by atoms with van der Waals surface area (Å²) >= 11 is 5.91. The summed E-state index contributed by atoms with van der Waals surface area (Å²) in [7, 11) is -4.35. The number of ether oxygens (including phenoxy) is 1. The Morgan fingerprint density at radius 2 is 1.63 bits per heavy atom. The van der Waals surface area contributed by atoms with Crippen molar-refractivity contribution in [3.63, 3.8) is 0 Å². The maximum absolute atomic E-state index is 14.8. The van der Waals surface area contributed by atoms with Gasteiger partial charge in [0.25, 0.3) is 10.0 Å². The summed E-state index contributed by atoms with van der Waals surface area (Å²) in [5.74, 6) is -1.80. The molecule has 2 amide bonds. The van der Waals surface area contributed by atoms with E-state index in [4.69, 9.17) is 16.3 Å². The molecule has 0 aliphatic carbocycles. The highest BCUT2D eigenvalue weighted by molar-refractivity contribution is 7.92. The van der Waals surface area contributed by atoms with Crippen molar-refractivity contribution in [3.8, 4) is 5.75 Å². The molecular weight excluding hydrogens is 538 g/mol. The fourth-order valence-electron chi connectivity index (χ4n) is 4.09. The number of halogens is 3. The molecule has 1 heterocycles. The molecule has 0 unspecified atom stereocenters. The predicted molar refractivity (Wildman–Crippen MR) is 138 cm³/mol. The molecule has 1 aliphatic heterocycles. The van der Waals surface area contributed by atoms with Crippen molar-refractivity contribution >= 4 is 39.1 Å². The number of sulfonamides is 1. The summed E-state index contributed by atoms with van der Waals surface area (Å²) < 4.78 is 62.8. The standard InChI is InChI=1S/C27H25ClF2N2O5S/c28-20-9-12-22(13-10-20)38(35,36)32(24-17-21(29)11-14-23(24)30)18-19-5-1-2-6-25(19)37-16-4-15-31-26(33)7-3-8-27(31)34/h1-2,5-6,9-14,17H,3-4,7-8,15-16,18H2. The molecule has 11 heteroatoms. The van der Waals surface area contributed by atoms with Crippen LogP contribution >= 0.6 is 11.6 Å². The normalized spacial score (nSPS) is 14.0. The Labute approximate surface area is 224 Å². The molecule has 1 saturated heterocycles. The van der Waals surface area contributed by atoms with Crippen molar-refractivity contribution in [1.82, 2.24) is 4.90 Å². The Morgan fingerprint density at radius 3 is 2.34 bits per heavy atom. The van der Waals surface area contributed by atoms with Crippen molar-refractivity contribution in [2.75, 3.05) is 17.5 Å². The van der Waals surface area contributed by atoms with Crippen LogP contribution in [0, 0.1) is 11.6 Å². The van der Waals surface area contributed by atoms with Crippen LogP contribution in [0.15, 0.2) is 71.6 Å². The van der Waals surface area contributed by atoms with Gasteiger partial charge >= 0.3 is 0 Å². The van der Waals surface area contributed by atoms with E-state index < -0.39 is 27.3 Å². The average molecular weight is 563 g/mol. The first kappa shape index (κ1) is 27.5. The molecule has 3 aromatic carbocycles. The lowest BCUT2D eigenvalue weighted by molar-refractivity contribution is -0.148. The van der Waals surface area contributed by atoms with Crippen LogP contribution in [0.2, 0.25) is 5.02 Å². The summed E-state index contributed by atoms with van der Waals surface area (Å²) in [6.45, 7) is 0.00233. The zero-order valence-electron chi connectivity index (χ0n) is 20.3. The second kappa shape index (κ2) is 11.9. The Hall–Kier alpha value is -3.50. The van der Waals surface area contributed by atoms with E-state index in [2.05, 4.69) is 0 Å². The van der Waals surface area contributed by atoms with Gasteiger partial charge in [-0.1, -0.05) is 29.8 Å². The maximum Gasteiger partial charge on any atom is 0.264 e. The molecular formula is C27H25ClF2N2O5S. The summed E-state index contributed by atoms with van der Waals surface area (Å²) in [4.78, 5) is 25.1. The van der Waals surface area contributed by atoms with Crippen LogP contribution in [0.25, 0.3) is 0 Å². The Morgan fingerprint density at radius 1 is 0.947 bits per heavy atom. The SMILES string of the molecule is O=C1CCCC(=O)N1CCCOc1ccccc1CN(c1cc(F)ccc1F)S(=O)(=O)c1ccc(Cl)cc1. The first-order valence-corrected chi connectivity index (χ1v) is 13.8. The van der Waals surface area contributed by atoms with Crippen LogP contribution in [0.4, 0.5) is 14.5 Å². The van der Waals surface area contributed by atoms with Crippen molar-refractivity contribution in [2.45, 2.75) is 37.1 Å². The van der Waals surface area contributed by atoms with Crippen LogP contribution in [-0.2, 0) is 26.2 Å². The molecule has 0 N–H and O–H groups in total. The number of hydrogen-bond donors (Lipinski definition) is 0. The van der Waals surface area contributed by atoms with Gasteiger partial charge in [-0.3, -0.25) is 18.8 Å². The summed E-state index contributed by atoms with van der Waals surface area (Å²) in [5, 5.41) is 0.319. The van der Waals surface area contributed by atoms with E-state index in [9.17, 15) is 26.8 Å². The number of likely N-dealkylation sites (tertiary alicyclic amines) is 1. The van der Waals surface area contributed by atoms with Crippen LogP contribution in [-0.4, -0.2) is 38.3 Å². The molecule has 0 bridgehead atoms. The van der Waals surface area contributed by atoms with Crippen molar-refractivity contribution in [1.29, 1.82) is 0 Å². The molecule has 0 saturated carbocycles. The van der Waals surface area contributed by atoms with E-state index in [1.54, 1.807) is 24.3 Å². The number of piperidine rings is 1. The highest BCUT2D eigenvalue weighted by Crippen LogP contribution is 2.32. The van der Waals surface area contributed by atoms with E-state index in [-0.39, 0.29) is 36.4 Å². The molecule has 200 valence electrons. The second-order valence-corrected chi connectivity index (χ2v) is 11.0. The Balaban J connectivity index is 1.58. The van der Waals surface area contributed by atoms with Crippen LogP contribution in [0.1, 0.15) is 31.2 Å². The van der Waals surface area contributed by atoms with Crippen LogP contribution in [0.5, 0.6) is 5.75 Å². The van der Waals surface area contributed by atoms with Gasteiger partial charge in [-0.15, -0.1) is 0 Å². The Kier molecular flexibility index (Phi) is 8.63. The summed E-state index contributed by atoms with van der Waals surface area (Å²) in [6, 6.07) is 14.5. The smallest absolute Gasteiger partial charge is 0.264 e. The fraction of sp³-hybridized carbons (Fsp3) is 0.259. The molecule has 0 spiro atoms. The van der Waals surface area contributed by atoms with E-state index >= 15 is 0 Å². The predicted octanol–water partition coefficient (Wildman–Crippen LogP) is 5.32. The molecule has 1 fully saturated rings. The molecule has 0 atom stereocenters. The van der Waals surface area contributed by atoms with E-state index in [0.29, 0.717) is 42.0 Å². The third-order valence-corrected chi connectivity index (χ3v) is 8.06. The molecule has 0 radical (unpaired) electrons. The minimum Gasteiger partial charge on any atom is -0.493 e. The number of carbonyl (C=O) groups excluding carboxylic acids is 2. The largest absolute Gasteiger partial charge is 0.493 e. The number of rotatable bonds is 10. The van der Waals surface area contributed by atoms with Crippen LogP contribution in [0.3, 0.4) is 0 Å².